The standard InChI is InChI=1S/C21H29N6O2/c1-26-13-17(7-10-29-21-12-16(23)4-6-19(21)25)27(14-26)8-2-9-28-20-11-15(22)3-5-18(20)24/h3-6,11-14H,2,7-10,22-25H2,1H3/q+1. The van der Waals surface area contributed by atoms with Gasteiger partial charge in [-0.1, -0.05) is 0 Å². The van der Waals surface area contributed by atoms with E-state index in [4.69, 9.17) is 32.4 Å². The van der Waals surface area contributed by atoms with Crippen molar-refractivity contribution in [2.75, 3.05) is 36.1 Å². The Labute approximate surface area is 170 Å². The van der Waals surface area contributed by atoms with Gasteiger partial charge in [0, 0.05) is 36.3 Å². The van der Waals surface area contributed by atoms with Gasteiger partial charge in [-0.05, 0) is 24.3 Å². The minimum Gasteiger partial charge on any atom is -0.491 e. The molecule has 154 valence electrons. The largest absolute Gasteiger partial charge is 0.491 e. The second-order valence-electron chi connectivity index (χ2n) is 6.99. The molecule has 8 nitrogen and oxygen atoms in total. The fraction of sp³-hybridized carbons (Fsp3) is 0.286. The first-order valence-corrected chi connectivity index (χ1v) is 9.52. The Morgan fingerprint density at radius 1 is 0.862 bits per heavy atom. The van der Waals surface area contributed by atoms with Gasteiger partial charge in [0.2, 0.25) is 6.33 Å². The predicted molar refractivity (Wildman–Crippen MR) is 115 cm³/mol. The van der Waals surface area contributed by atoms with E-state index in [0.717, 1.165) is 19.4 Å². The molecule has 0 unspecified atom stereocenters. The summed E-state index contributed by atoms with van der Waals surface area (Å²) in [5.41, 5.74) is 27.0. The smallest absolute Gasteiger partial charge is 0.243 e. The highest BCUT2D eigenvalue weighted by molar-refractivity contribution is 5.60. The van der Waals surface area contributed by atoms with Crippen LogP contribution in [0.3, 0.4) is 0 Å². The van der Waals surface area contributed by atoms with Crippen molar-refractivity contribution in [1.82, 2.24) is 4.57 Å². The monoisotopic (exact) mass is 397 g/mol. The first kappa shape index (κ1) is 20.2. The Balaban J connectivity index is 1.51. The quantitative estimate of drug-likeness (QED) is 0.247. The van der Waals surface area contributed by atoms with Crippen molar-refractivity contribution >= 4 is 22.7 Å². The molecule has 0 atom stereocenters. The molecule has 0 saturated carbocycles. The van der Waals surface area contributed by atoms with E-state index < -0.39 is 0 Å². The molecule has 0 saturated heterocycles. The van der Waals surface area contributed by atoms with Crippen LogP contribution in [0.5, 0.6) is 11.5 Å². The second kappa shape index (κ2) is 9.09. The molecule has 8 N–H and O–H groups in total. The lowest BCUT2D eigenvalue weighted by Crippen LogP contribution is -2.24. The van der Waals surface area contributed by atoms with Crippen LogP contribution in [0.2, 0.25) is 0 Å². The molecular weight excluding hydrogens is 368 g/mol. The van der Waals surface area contributed by atoms with E-state index in [2.05, 4.69) is 17.1 Å². The molecule has 2 aromatic carbocycles. The molecule has 0 amide bonds. The van der Waals surface area contributed by atoms with Gasteiger partial charge in [-0.15, -0.1) is 0 Å². The molecule has 1 heterocycles. The van der Waals surface area contributed by atoms with Gasteiger partial charge >= 0.3 is 0 Å². The van der Waals surface area contributed by atoms with Gasteiger partial charge in [-0.2, -0.15) is 0 Å². The van der Waals surface area contributed by atoms with Crippen molar-refractivity contribution in [2.45, 2.75) is 19.4 Å². The zero-order chi connectivity index (χ0) is 20.8. The van der Waals surface area contributed by atoms with Gasteiger partial charge in [0.05, 0.1) is 38.2 Å². The van der Waals surface area contributed by atoms with Gasteiger partial charge in [0.15, 0.2) is 0 Å². The van der Waals surface area contributed by atoms with Crippen molar-refractivity contribution in [3.63, 3.8) is 0 Å². The summed E-state index contributed by atoms with van der Waals surface area (Å²) in [4.78, 5) is 0. The van der Waals surface area contributed by atoms with Crippen LogP contribution >= 0.6 is 0 Å². The van der Waals surface area contributed by atoms with Crippen molar-refractivity contribution in [1.29, 1.82) is 0 Å². The Morgan fingerprint density at radius 3 is 2.07 bits per heavy atom. The fourth-order valence-electron chi connectivity index (χ4n) is 3.08. The maximum Gasteiger partial charge on any atom is 0.243 e. The number of imidazole rings is 1. The number of hydrogen-bond donors (Lipinski definition) is 4. The summed E-state index contributed by atoms with van der Waals surface area (Å²) in [7, 11) is 2.00. The Bertz CT molecular complexity index is 970. The average Bonchev–Trinajstić information content (AvgIpc) is 3.03. The van der Waals surface area contributed by atoms with Crippen LogP contribution in [0.4, 0.5) is 22.7 Å². The van der Waals surface area contributed by atoms with Gasteiger partial charge in [-0.25, -0.2) is 9.13 Å². The summed E-state index contributed by atoms with van der Waals surface area (Å²) in [6.07, 6.45) is 5.72. The minimum absolute atomic E-state index is 0.508. The number of benzene rings is 2. The molecule has 0 aliphatic rings. The van der Waals surface area contributed by atoms with E-state index in [0.29, 0.717) is 47.5 Å². The molecule has 29 heavy (non-hydrogen) atoms. The maximum atomic E-state index is 5.93. The fourth-order valence-corrected chi connectivity index (χ4v) is 3.08. The Morgan fingerprint density at radius 2 is 1.45 bits per heavy atom. The summed E-state index contributed by atoms with van der Waals surface area (Å²) < 4.78 is 15.8. The molecule has 0 bridgehead atoms. The van der Waals surface area contributed by atoms with Gasteiger partial charge in [0.25, 0.3) is 0 Å². The molecule has 3 aromatic rings. The van der Waals surface area contributed by atoms with Gasteiger partial charge in [0.1, 0.15) is 23.4 Å². The first-order valence-electron chi connectivity index (χ1n) is 9.52. The third-order valence-electron chi connectivity index (χ3n) is 4.54. The number of ether oxygens (including phenoxy) is 2. The van der Waals surface area contributed by atoms with Crippen molar-refractivity contribution in [3.05, 3.63) is 54.6 Å². The highest BCUT2D eigenvalue weighted by Crippen LogP contribution is 2.25. The number of nitrogen functional groups attached to an aromatic ring is 4. The van der Waals surface area contributed by atoms with E-state index in [1.807, 2.05) is 11.6 Å². The summed E-state index contributed by atoms with van der Waals surface area (Å²) in [6, 6.07) is 10.5. The topological polar surface area (TPSA) is 131 Å². The Hall–Kier alpha value is -3.55. The van der Waals surface area contributed by atoms with E-state index in [1.165, 1.54) is 5.69 Å². The summed E-state index contributed by atoms with van der Waals surface area (Å²) in [5, 5.41) is 0. The Kier molecular flexibility index (Phi) is 6.33. The third-order valence-corrected chi connectivity index (χ3v) is 4.54. The number of aromatic nitrogens is 2. The van der Waals surface area contributed by atoms with E-state index >= 15 is 0 Å². The predicted octanol–water partition coefficient (Wildman–Crippen LogP) is 1.73. The number of rotatable bonds is 9. The van der Waals surface area contributed by atoms with E-state index in [-0.39, 0.29) is 0 Å². The molecule has 0 aliphatic carbocycles. The van der Waals surface area contributed by atoms with Crippen molar-refractivity contribution < 1.29 is 14.0 Å². The van der Waals surface area contributed by atoms with Gasteiger partial charge < -0.3 is 32.4 Å². The van der Waals surface area contributed by atoms with Crippen LogP contribution in [-0.4, -0.2) is 17.8 Å². The lowest BCUT2D eigenvalue weighted by Gasteiger charge is -2.10. The summed E-state index contributed by atoms with van der Waals surface area (Å²) in [5.74, 6) is 1.23. The molecular formula is C21H29N6O2+. The minimum atomic E-state index is 0.508. The lowest BCUT2D eigenvalue weighted by molar-refractivity contribution is -0.671. The summed E-state index contributed by atoms with van der Waals surface area (Å²) in [6.45, 7) is 1.87. The zero-order valence-electron chi connectivity index (χ0n) is 16.7. The molecule has 0 radical (unpaired) electrons. The number of aryl methyl sites for hydroxylation is 2. The average molecular weight is 398 g/mol. The number of nitrogens with zero attached hydrogens (tertiary/aromatic N) is 2. The molecule has 8 heteroatoms. The van der Waals surface area contributed by atoms with Crippen molar-refractivity contribution in [3.8, 4) is 11.5 Å². The van der Waals surface area contributed by atoms with Crippen LogP contribution in [0.25, 0.3) is 0 Å². The first-order chi connectivity index (χ1) is 13.9. The van der Waals surface area contributed by atoms with E-state index in [9.17, 15) is 0 Å². The molecule has 0 spiro atoms. The van der Waals surface area contributed by atoms with Gasteiger partial charge in [-0.3, -0.25) is 0 Å². The van der Waals surface area contributed by atoms with Crippen LogP contribution in [0.1, 0.15) is 12.1 Å². The van der Waals surface area contributed by atoms with Crippen molar-refractivity contribution in [2.24, 2.45) is 7.05 Å². The van der Waals surface area contributed by atoms with Crippen LogP contribution < -0.4 is 37.0 Å². The highest BCUT2D eigenvalue weighted by atomic mass is 16.5. The molecule has 1 aromatic heterocycles. The normalized spacial score (nSPS) is 10.8. The highest BCUT2D eigenvalue weighted by Gasteiger charge is 2.12. The molecule has 3 rings (SSSR count). The number of nitrogens with two attached hydrogens (primary N) is 4. The third kappa shape index (κ3) is 5.47. The molecule has 0 fully saturated rings. The van der Waals surface area contributed by atoms with E-state index in [1.54, 1.807) is 36.4 Å². The number of hydrogen-bond acceptors (Lipinski definition) is 6. The van der Waals surface area contributed by atoms with Crippen LogP contribution in [-0.2, 0) is 20.0 Å². The molecule has 0 aliphatic heterocycles. The van der Waals surface area contributed by atoms with Crippen LogP contribution in [0, 0.1) is 0 Å². The SMILES string of the molecule is C[n+]1cc(CCOc2cc(N)ccc2N)n(CCCOc2cc(N)ccc2N)c1. The number of anilines is 4. The summed E-state index contributed by atoms with van der Waals surface area (Å²) >= 11 is 0. The second-order valence-corrected chi connectivity index (χ2v) is 6.99. The lowest BCUT2D eigenvalue weighted by atomic mass is 10.2. The van der Waals surface area contributed by atoms with Crippen LogP contribution in [0.15, 0.2) is 48.9 Å². The maximum absolute atomic E-state index is 5.93. The zero-order valence-corrected chi connectivity index (χ0v) is 16.7.